The summed E-state index contributed by atoms with van der Waals surface area (Å²) in [6, 6.07) is 0. The van der Waals surface area contributed by atoms with E-state index in [0.29, 0.717) is 17.1 Å². The van der Waals surface area contributed by atoms with Gasteiger partial charge in [-0.1, -0.05) is 42.6 Å². The summed E-state index contributed by atoms with van der Waals surface area (Å²) in [7, 11) is 0. The molecule has 0 saturated heterocycles. The molecular weight excluding hydrogens is 324 g/mol. The standard InChI is InChI=1S/C19H29BrO/c1-18-9-4-3-5-12(18)6-7-13-14(18)8-10-19(2)15(13)11-16(20)17(19)21/h12-16H,3-11H2,1-2H3/t12-,13+,14-,15+,16-,18-,19+/m1/s1. The van der Waals surface area contributed by atoms with E-state index >= 15 is 0 Å². The van der Waals surface area contributed by atoms with Crippen LogP contribution in [0.2, 0.25) is 0 Å². The van der Waals surface area contributed by atoms with Crippen molar-refractivity contribution in [1.82, 2.24) is 0 Å². The summed E-state index contributed by atoms with van der Waals surface area (Å²) in [6.07, 6.45) is 12.2. The van der Waals surface area contributed by atoms with Crippen LogP contribution in [0.3, 0.4) is 0 Å². The molecule has 0 bridgehead atoms. The molecule has 1 nitrogen and oxygen atoms in total. The van der Waals surface area contributed by atoms with Crippen molar-refractivity contribution in [3.05, 3.63) is 0 Å². The van der Waals surface area contributed by atoms with Crippen molar-refractivity contribution >= 4 is 21.7 Å². The number of alkyl halides is 1. The second kappa shape index (κ2) is 4.82. The number of Topliss-reactive ketones (excluding diaryl/α,β-unsaturated/α-hetero) is 1. The number of hydrogen-bond acceptors (Lipinski definition) is 1. The maximum absolute atomic E-state index is 12.7. The number of rotatable bonds is 0. The van der Waals surface area contributed by atoms with Crippen LogP contribution in [-0.2, 0) is 4.79 Å². The summed E-state index contributed by atoms with van der Waals surface area (Å²) in [5, 5.41) is 0. The number of hydrogen-bond donors (Lipinski definition) is 0. The molecule has 4 aliphatic carbocycles. The molecular formula is C19H29BrO. The lowest BCUT2D eigenvalue weighted by Crippen LogP contribution is -2.52. The Labute approximate surface area is 137 Å². The van der Waals surface area contributed by atoms with Crippen LogP contribution in [0, 0.1) is 34.5 Å². The van der Waals surface area contributed by atoms with Gasteiger partial charge >= 0.3 is 0 Å². The first-order chi connectivity index (χ1) is 9.97. The van der Waals surface area contributed by atoms with Crippen LogP contribution in [-0.4, -0.2) is 10.6 Å². The Bertz CT molecular complexity index is 460. The van der Waals surface area contributed by atoms with Crippen LogP contribution in [0.25, 0.3) is 0 Å². The summed E-state index contributed by atoms with van der Waals surface area (Å²) in [5.74, 6) is 3.89. The molecule has 0 radical (unpaired) electrons. The minimum atomic E-state index is -0.00675. The summed E-state index contributed by atoms with van der Waals surface area (Å²) < 4.78 is 0. The number of ketones is 1. The molecule has 0 aromatic carbocycles. The topological polar surface area (TPSA) is 17.1 Å². The van der Waals surface area contributed by atoms with Gasteiger partial charge in [0.05, 0.1) is 4.83 Å². The van der Waals surface area contributed by atoms with Crippen LogP contribution in [0.15, 0.2) is 0 Å². The minimum Gasteiger partial charge on any atom is -0.298 e. The van der Waals surface area contributed by atoms with Crippen LogP contribution in [0.1, 0.15) is 71.6 Å². The Morgan fingerprint density at radius 3 is 2.62 bits per heavy atom. The molecule has 4 saturated carbocycles. The second-order valence-electron chi connectivity index (χ2n) is 8.93. The normalized spacial score (nSPS) is 56.5. The van der Waals surface area contributed by atoms with E-state index in [-0.39, 0.29) is 10.2 Å². The highest BCUT2D eigenvalue weighted by Crippen LogP contribution is 2.65. The van der Waals surface area contributed by atoms with Crippen molar-refractivity contribution in [2.24, 2.45) is 34.5 Å². The van der Waals surface area contributed by atoms with Gasteiger partial charge in [0, 0.05) is 5.41 Å². The predicted octanol–water partition coefficient (Wildman–Crippen LogP) is 5.36. The van der Waals surface area contributed by atoms with Gasteiger partial charge < -0.3 is 0 Å². The first-order valence-corrected chi connectivity index (χ1v) is 10.1. The Hall–Kier alpha value is 0.150. The molecule has 0 N–H and O–H groups in total. The van der Waals surface area contributed by atoms with E-state index in [2.05, 4.69) is 29.8 Å². The molecule has 4 aliphatic rings. The predicted molar refractivity (Wildman–Crippen MR) is 89.4 cm³/mol. The van der Waals surface area contributed by atoms with Gasteiger partial charge in [-0.05, 0) is 74.0 Å². The number of halogens is 1. The second-order valence-corrected chi connectivity index (χ2v) is 10.0. The molecule has 0 aromatic heterocycles. The highest BCUT2D eigenvalue weighted by Gasteiger charge is 2.61. The van der Waals surface area contributed by atoms with Crippen LogP contribution >= 0.6 is 15.9 Å². The SMILES string of the molecule is C[C@@]12CCCC[C@@H]1CC[C@H]1[C@H]2CC[C@]2(C)C(=O)[C@H](Br)C[C@@H]12. The summed E-state index contributed by atoms with van der Waals surface area (Å²) in [4.78, 5) is 12.8. The highest BCUT2D eigenvalue weighted by molar-refractivity contribution is 9.10. The van der Waals surface area contributed by atoms with Gasteiger partial charge in [-0.25, -0.2) is 0 Å². The largest absolute Gasteiger partial charge is 0.298 e. The van der Waals surface area contributed by atoms with E-state index in [1.165, 1.54) is 44.9 Å². The van der Waals surface area contributed by atoms with Crippen molar-refractivity contribution in [2.45, 2.75) is 76.5 Å². The average Bonchev–Trinajstić information content (AvgIpc) is 2.70. The van der Waals surface area contributed by atoms with Crippen LogP contribution in [0.4, 0.5) is 0 Å². The van der Waals surface area contributed by atoms with Crippen molar-refractivity contribution in [2.75, 3.05) is 0 Å². The third-order valence-electron chi connectivity index (χ3n) is 8.28. The molecule has 7 atom stereocenters. The van der Waals surface area contributed by atoms with Gasteiger partial charge in [-0.15, -0.1) is 0 Å². The van der Waals surface area contributed by atoms with Gasteiger partial charge in [-0.2, -0.15) is 0 Å². The fourth-order valence-corrected chi connectivity index (χ4v) is 7.97. The minimum absolute atomic E-state index is 0.00675. The molecule has 118 valence electrons. The van der Waals surface area contributed by atoms with Gasteiger partial charge in [0.2, 0.25) is 0 Å². The fraction of sp³-hybridized carbons (Fsp3) is 0.947. The molecule has 21 heavy (non-hydrogen) atoms. The molecule has 0 spiro atoms. The van der Waals surface area contributed by atoms with Crippen molar-refractivity contribution < 1.29 is 4.79 Å². The zero-order chi connectivity index (χ0) is 14.8. The van der Waals surface area contributed by atoms with Crippen molar-refractivity contribution in [3.63, 3.8) is 0 Å². The van der Waals surface area contributed by atoms with Gasteiger partial charge in [0.15, 0.2) is 5.78 Å². The highest BCUT2D eigenvalue weighted by atomic mass is 79.9. The monoisotopic (exact) mass is 352 g/mol. The Kier molecular flexibility index (Phi) is 3.38. The third-order valence-corrected chi connectivity index (χ3v) is 9.07. The van der Waals surface area contributed by atoms with Crippen LogP contribution < -0.4 is 0 Å². The van der Waals surface area contributed by atoms with Gasteiger partial charge in [0.25, 0.3) is 0 Å². The smallest absolute Gasteiger partial charge is 0.152 e. The summed E-state index contributed by atoms with van der Waals surface area (Å²) >= 11 is 3.68. The Morgan fingerprint density at radius 1 is 1.00 bits per heavy atom. The van der Waals surface area contributed by atoms with E-state index in [0.717, 1.165) is 30.6 Å². The number of fused-ring (bicyclic) bond motifs is 5. The summed E-state index contributed by atoms with van der Waals surface area (Å²) in [6.45, 7) is 4.89. The molecule has 0 aliphatic heterocycles. The first kappa shape index (κ1) is 14.7. The lowest BCUT2D eigenvalue weighted by Gasteiger charge is -2.59. The molecule has 4 fully saturated rings. The van der Waals surface area contributed by atoms with Gasteiger partial charge in [-0.3, -0.25) is 4.79 Å². The quantitative estimate of drug-likeness (QED) is 0.536. The van der Waals surface area contributed by atoms with E-state index in [1.807, 2.05) is 0 Å². The fourth-order valence-electron chi connectivity index (χ4n) is 7.04. The molecule has 4 rings (SSSR count). The maximum Gasteiger partial charge on any atom is 0.152 e. The number of carbonyl (C=O) groups excluding carboxylic acids is 1. The zero-order valence-electron chi connectivity index (χ0n) is 13.5. The first-order valence-electron chi connectivity index (χ1n) is 9.15. The molecule has 0 amide bonds. The van der Waals surface area contributed by atoms with Gasteiger partial charge in [0.1, 0.15) is 0 Å². The van der Waals surface area contributed by atoms with Crippen LogP contribution in [0.5, 0.6) is 0 Å². The summed E-state index contributed by atoms with van der Waals surface area (Å²) in [5.41, 5.74) is 0.586. The zero-order valence-corrected chi connectivity index (χ0v) is 15.1. The van der Waals surface area contributed by atoms with Crippen molar-refractivity contribution in [1.29, 1.82) is 0 Å². The maximum atomic E-state index is 12.7. The van der Waals surface area contributed by atoms with E-state index in [1.54, 1.807) is 0 Å². The average molecular weight is 353 g/mol. The Balaban J connectivity index is 1.67. The Morgan fingerprint density at radius 2 is 1.81 bits per heavy atom. The number of carbonyl (C=O) groups is 1. The lowest BCUT2D eigenvalue weighted by atomic mass is 9.45. The van der Waals surface area contributed by atoms with Crippen molar-refractivity contribution in [3.8, 4) is 0 Å². The van der Waals surface area contributed by atoms with E-state index < -0.39 is 0 Å². The van der Waals surface area contributed by atoms with E-state index in [9.17, 15) is 4.79 Å². The molecule has 2 heteroatoms. The molecule has 0 heterocycles. The molecule has 0 unspecified atom stereocenters. The molecule has 0 aromatic rings. The van der Waals surface area contributed by atoms with E-state index in [4.69, 9.17) is 0 Å². The lowest BCUT2D eigenvalue weighted by molar-refractivity contribution is -0.138. The third kappa shape index (κ3) is 1.90.